The van der Waals surface area contributed by atoms with Gasteiger partial charge in [0.05, 0.1) is 23.9 Å². The van der Waals surface area contributed by atoms with Crippen molar-refractivity contribution in [2.75, 3.05) is 19.8 Å². The summed E-state index contributed by atoms with van der Waals surface area (Å²) in [6, 6.07) is 0.0792. The molecule has 2 atom stereocenters. The molecule has 0 spiro atoms. The van der Waals surface area contributed by atoms with Gasteiger partial charge in [0.15, 0.2) is 0 Å². The molecule has 2 heterocycles. The van der Waals surface area contributed by atoms with E-state index in [1.165, 1.54) is 0 Å². The first-order valence-electron chi connectivity index (χ1n) is 14.3. The predicted octanol–water partition coefficient (Wildman–Crippen LogP) is 3.38. The molecular weight excluding hydrogens is 484 g/mol. The van der Waals surface area contributed by atoms with Crippen LogP contribution < -0.4 is 15.4 Å². The van der Waals surface area contributed by atoms with Gasteiger partial charge in [-0.05, 0) is 88.5 Å². The summed E-state index contributed by atoms with van der Waals surface area (Å²) in [5.41, 5.74) is -0.738. The Labute approximate surface area is 225 Å². The van der Waals surface area contributed by atoms with Crippen molar-refractivity contribution in [3.63, 3.8) is 0 Å². The van der Waals surface area contributed by atoms with Crippen molar-refractivity contribution in [1.29, 1.82) is 0 Å². The summed E-state index contributed by atoms with van der Waals surface area (Å²) in [4.78, 5) is 26.3. The Hall–Kier alpha value is -2.39. The van der Waals surface area contributed by atoms with Crippen molar-refractivity contribution in [1.82, 2.24) is 20.4 Å². The molecule has 0 radical (unpaired) electrons. The number of hydrogen-bond donors (Lipinski definition) is 3. The standard InChI is InChI=1S/C29H44N4O5/c1-18(2)17-38-27-23(26(35)31-24-21-11-19-12-22(24)15-29(36,13-19)14-21)16-30-33(27)8-7-28(3,4)32-25(34)20-5-9-37-10-6-20/h7-8,16,18-22,24,36H,5-6,9-15,17H2,1-4H3,(H,31,35)(H,32,34). The second-order valence-corrected chi connectivity index (χ2v) is 13.1. The predicted molar refractivity (Wildman–Crippen MR) is 143 cm³/mol. The van der Waals surface area contributed by atoms with E-state index in [1.54, 1.807) is 17.1 Å². The third-order valence-electron chi connectivity index (χ3n) is 8.76. The molecule has 0 aromatic carbocycles. The molecule has 38 heavy (non-hydrogen) atoms. The monoisotopic (exact) mass is 528 g/mol. The number of nitrogens with one attached hydrogen (secondary N) is 2. The highest BCUT2D eigenvalue weighted by atomic mass is 16.5. The average Bonchev–Trinajstić information content (AvgIpc) is 3.26. The summed E-state index contributed by atoms with van der Waals surface area (Å²) in [5, 5.41) is 21.8. The van der Waals surface area contributed by atoms with Crippen molar-refractivity contribution in [2.24, 2.45) is 29.6 Å². The fraction of sp³-hybridized carbons (Fsp3) is 0.759. The van der Waals surface area contributed by atoms with Gasteiger partial charge in [0.1, 0.15) is 5.56 Å². The molecule has 1 saturated heterocycles. The van der Waals surface area contributed by atoms with Gasteiger partial charge in [-0.3, -0.25) is 9.59 Å². The third kappa shape index (κ3) is 5.93. The second kappa shape index (κ2) is 10.6. The quantitative estimate of drug-likeness (QED) is 0.453. The van der Waals surface area contributed by atoms with Crippen LogP contribution in [-0.4, -0.2) is 63.7 Å². The van der Waals surface area contributed by atoms with Crippen molar-refractivity contribution in [3.8, 4) is 5.88 Å². The molecule has 9 nitrogen and oxygen atoms in total. The van der Waals surface area contributed by atoms with E-state index in [0.717, 1.165) is 44.9 Å². The summed E-state index contributed by atoms with van der Waals surface area (Å²) in [5.74, 6) is 1.72. The largest absolute Gasteiger partial charge is 0.477 e. The highest BCUT2D eigenvalue weighted by Gasteiger charge is 2.55. The number of hydrogen-bond acceptors (Lipinski definition) is 6. The Morgan fingerprint density at radius 1 is 1.24 bits per heavy atom. The number of aliphatic hydroxyl groups is 1. The lowest BCUT2D eigenvalue weighted by Gasteiger charge is -2.58. The van der Waals surface area contributed by atoms with E-state index in [2.05, 4.69) is 29.6 Å². The molecule has 1 aliphatic heterocycles. The van der Waals surface area contributed by atoms with E-state index in [0.29, 0.717) is 49.0 Å². The molecule has 1 aromatic heterocycles. The van der Waals surface area contributed by atoms with Crippen LogP contribution in [0.5, 0.6) is 5.88 Å². The maximum atomic E-state index is 13.5. The van der Waals surface area contributed by atoms with Crippen LogP contribution in [-0.2, 0) is 9.53 Å². The Morgan fingerprint density at radius 2 is 1.92 bits per heavy atom. The van der Waals surface area contributed by atoms with Crippen LogP contribution in [0.1, 0.15) is 83.0 Å². The van der Waals surface area contributed by atoms with E-state index >= 15 is 0 Å². The number of rotatable bonds is 9. The minimum absolute atomic E-state index is 0.0279. The van der Waals surface area contributed by atoms with Crippen LogP contribution in [0.25, 0.3) is 6.20 Å². The Kier molecular flexibility index (Phi) is 7.61. The molecule has 210 valence electrons. The molecule has 5 fully saturated rings. The zero-order valence-electron chi connectivity index (χ0n) is 23.2. The number of carbonyl (C=O) groups excluding carboxylic acids is 2. The molecule has 5 aliphatic rings. The smallest absolute Gasteiger partial charge is 0.258 e. The average molecular weight is 529 g/mol. The minimum Gasteiger partial charge on any atom is -0.477 e. The topological polar surface area (TPSA) is 115 Å². The number of aromatic nitrogens is 2. The molecule has 2 unspecified atom stereocenters. The van der Waals surface area contributed by atoms with E-state index < -0.39 is 11.1 Å². The van der Waals surface area contributed by atoms with Crippen molar-refractivity contribution >= 4 is 18.0 Å². The Bertz CT molecular complexity index is 1040. The Balaban J connectivity index is 1.29. The normalized spacial score (nSPS) is 31.2. The van der Waals surface area contributed by atoms with Crippen LogP contribution >= 0.6 is 0 Å². The lowest BCUT2D eigenvalue weighted by molar-refractivity contribution is -0.137. The van der Waals surface area contributed by atoms with Gasteiger partial charge in [0, 0.05) is 31.4 Å². The van der Waals surface area contributed by atoms with Gasteiger partial charge in [-0.2, -0.15) is 5.10 Å². The van der Waals surface area contributed by atoms with Crippen LogP contribution in [0, 0.1) is 29.6 Å². The fourth-order valence-electron chi connectivity index (χ4n) is 7.13. The molecule has 4 aliphatic carbocycles. The highest BCUT2D eigenvalue weighted by Crippen LogP contribution is 2.55. The van der Waals surface area contributed by atoms with Gasteiger partial charge in [-0.15, -0.1) is 0 Å². The van der Waals surface area contributed by atoms with E-state index in [4.69, 9.17) is 9.47 Å². The van der Waals surface area contributed by atoms with E-state index in [-0.39, 0.29) is 29.7 Å². The van der Waals surface area contributed by atoms with Gasteiger partial charge in [0.2, 0.25) is 11.8 Å². The molecule has 4 bridgehead atoms. The molecule has 6 rings (SSSR count). The van der Waals surface area contributed by atoms with Gasteiger partial charge in [0.25, 0.3) is 5.91 Å². The molecular formula is C29H44N4O5. The van der Waals surface area contributed by atoms with E-state index in [9.17, 15) is 14.7 Å². The second-order valence-electron chi connectivity index (χ2n) is 13.1. The first kappa shape index (κ1) is 27.2. The van der Waals surface area contributed by atoms with E-state index in [1.807, 2.05) is 19.9 Å². The summed E-state index contributed by atoms with van der Waals surface area (Å²) in [6.45, 7) is 9.68. The van der Waals surface area contributed by atoms with Crippen LogP contribution in [0.3, 0.4) is 0 Å². The number of amides is 2. The molecule has 3 N–H and O–H groups in total. The number of nitrogens with zero attached hydrogens (tertiary/aromatic N) is 2. The minimum atomic E-state index is -0.611. The van der Waals surface area contributed by atoms with Crippen molar-refractivity contribution in [3.05, 3.63) is 17.8 Å². The summed E-state index contributed by atoms with van der Waals surface area (Å²) >= 11 is 0. The summed E-state index contributed by atoms with van der Waals surface area (Å²) in [7, 11) is 0. The lowest BCUT2D eigenvalue weighted by atomic mass is 9.52. The van der Waals surface area contributed by atoms with Crippen molar-refractivity contribution in [2.45, 2.75) is 89.8 Å². The molecule has 1 aromatic rings. The van der Waals surface area contributed by atoms with Crippen LogP contribution in [0.2, 0.25) is 0 Å². The zero-order chi connectivity index (χ0) is 27.1. The summed E-state index contributed by atoms with van der Waals surface area (Å²) in [6.07, 6.45) is 11.3. The first-order valence-corrected chi connectivity index (χ1v) is 14.3. The lowest BCUT2D eigenvalue weighted by Crippen LogP contribution is -2.61. The number of ether oxygens (including phenoxy) is 2. The molecule has 2 amide bonds. The van der Waals surface area contributed by atoms with Gasteiger partial charge < -0.3 is 25.2 Å². The third-order valence-corrected chi connectivity index (χ3v) is 8.76. The van der Waals surface area contributed by atoms with Gasteiger partial charge in [-0.25, -0.2) is 4.68 Å². The SMILES string of the molecule is CC(C)COc1c(C(=O)NC2C3CC4CC2CC(O)(C4)C3)cnn1C=CC(C)(C)NC(=O)C1CCOCC1. The first-order chi connectivity index (χ1) is 18.0. The zero-order valence-corrected chi connectivity index (χ0v) is 23.2. The van der Waals surface area contributed by atoms with Crippen molar-refractivity contribution < 1.29 is 24.2 Å². The summed E-state index contributed by atoms with van der Waals surface area (Å²) < 4.78 is 13.1. The molecule has 9 heteroatoms. The highest BCUT2D eigenvalue weighted by molar-refractivity contribution is 5.96. The van der Waals surface area contributed by atoms with Gasteiger partial charge in [-0.1, -0.05) is 13.8 Å². The fourth-order valence-corrected chi connectivity index (χ4v) is 7.13. The maximum absolute atomic E-state index is 13.5. The maximum Gasteiger partial charge on any atom is 0.258 e. The van der Waals surface area contributed by atoms with Crippen LogP contribution in [0.4, 0.5) is 0 Å². The van der Waals surface area contributed by atoms with Gasteiger partial charge >= 0.3 is 0 Å². The number of carbonyl (C=O) groups is 2. The Morgan fingerprint density at radius 3 is 2.55 bits per heavy atom. The molecule has 4 saturated carbocycles. The van der Waals surface area contributed by atoms with Crippen LogP contribution in [0.15, 0.2) is 12.3 Å².